The fourth-order valence-electron chi connectivity index (χ4n) is 2.40. The average molecular weight is 216 g/mol. The Labute approximate surface area is 94.7 Å². The molecule has 2 aromatic rings. The van der Waals surface area contributed by atoms with Crippen LogP contribution >= 0.6 is 0 Å². The van der Waals surface area contributed by atoms with Gasteiger partial charge in [0, 0.05) is 23.8 Å². The lowest BCUT2D eigenvalue weighted by Crippen LogP contribution is -2.29. The molecule has 0 spiro atoms. The van der Waals surface area contributed by atoms with Crippen molar-refractivity contribution in [3.63, 3.8) is 0 Å². The Morgan fingerprint density at radius 1 is 1.38 bits per heavy atom. The summed E-state index contributed by atoms with van der Waals surface area (Å²) in [4.78, 5) is 8.77. The molecule has 3 heterocycles. The summed E-state index contributed by atoms with van der Waals surface area (Å²) in [5.74, 6) is 0.849. The molecule has 0 aliphatic carbocycles. The van der Waals surface area contributed by atoms with E-state index in [1.807, 2.05) is 13.1 Å². The zero-order valence-corrected chi connectivity index (χ0v) is 9.48. The number of nitrogens with one attached hydrogen (secondary N) is 1. The van der Waals surface area contributed by atoms with Gasteiger partial charge in [0.2, 0.25) is 0 Å². The third-order valence-electron chi connectivity index (χ3n) is 3.28. The first-order chi connectivity index (χ1) is 7.84. The van der Waals surface area contributed by atoms with E-state index in [2.05, 4.69) is 32.1 Å². The molecule has 3 rings (SSSR count). The summed E-state index contributed by atoms with van der Waals surface area (Å²) < 4.78 is 2.31. The quantitative estimate of drug-likeness (QED) is 0.788. The van der Waals surface area contributed by atoms with Crippen LogP contribution in [0.2, 0.25) is 0 Å². The second-order valence-corrected chi connectivity index (χ2v) is 4.40. The van der Waals surface area contributed by atoms with Crippen LogP contribution in [0, 0.1) is 6.92 Å². The Bertz CT molecular complexity index is 497. The van der Waals surface area contributed by atoms with Gasteiger partial charge < -0.3 is 9.88 Å². The van der Waals surface area contributed by atoms with Gasteiger partial charge in [0.15, 0.2) is 0 Å². The monoisotopic (exact) mass is 216 g/mol. The van der Waals surface area contributed by atoms with E-state index < -0.39 is 0 Å². The smallest absolute Gasteiger partial charge is 0.143 e. The van der Waals surface area contributed by atoms with Gasteiger partial charge in [-0.25, -0.2) is 9.97 Å². The van der Waals surface area contributed by atoms with Crippen molar-refractivity contribution < 1.29 is 0 Å². The van der Waals surface area contributed by atoms with Crippen LogP contribution in [0.25, 0.3) is 11.0 Å². The van der Waals surface area contributed by atoms with Crippen LogP contribution in [0.1, 0.15) is 24.7 Å². The Morgan fingerprint density at radius 2 is 2.19 bits per heavy atom. The second-order valence-electron chi connectivity index (χ2n) is 4.40. The minimum absolute atomic E-state index is 0.591. The predicted molar refractivity (Wildman–Crippen MR) is 63.4 cm³/mol. The molecule has 0 saturated carbocycles. The first kappa shape index (κ1) is 9.78. The highest BCUT2D eigenvalue weighted by Crippen LogP contribution is 2.23. The zero-order valence-electron chi connectivity index (χ0n) is 9.48. The number of hydrogen-bond acceptors (Lipinski definition) is 3. The molecule has 84 valence electrons. The van der Waals surface area contributed by atoms with Crippen molar-refractivity contribution in [2.75, 3.05) is 13.1 Å². The Balaban J connectivity index is 2.05. The Morgan fingerprint density at radius 3 is 3.00 bits per heavy atom. The van der Waals surface area contributed by atoms with Crippen molar-refractivity contribution in [1.82, 2.24) is 19.9 Å². The number of nitrogens with zero attached hydrogens (tertiary/aromatic N) is 3. The molecule has 4 nitrogen and oxygen atoms in total. The molecule has 1 N–H and O–H groups in total. The van der Waals surface area contributed by atoms with E-state index in [4.69, 9.17) is 0 Å². The minimum Gasteiger partial charge on any atom is -0.329 e. The molecular formula is C12H16N4. The van der Waals surface area contributed by atoms with E-state index in [0.29, 0.717) is 6.04 Å². The SMILES string of the molecule is Cc1ncc2ccn(C3CCNCC3)c2n1. The van der Waals surface area contributed by atoms with Gasteiger partial charge in [-0.2, -0.15) is 0 Å². The zero-order chi connectivity index (χ0) is 11.0. The average Bonchev–Trinajstić information content (AvgIpc) is 2.73. The van der Waals surface area contributed by atoms with Gasteiger partial charge in [-0.1, -0.05) is 0 Å². The van der Waals surface area contributed by atoms with Gasteiger partial charge in [0.25, 0.3) is 0 Å². The van der Waals surface area contributed by atoms with Gasteiger partial charge in [0.05, 0.1) is 0 Å². The summed E-state index contributed by atoms with van der Waals surface area (Å²) in [6.45, 7) is 4.15. The van der Waals surface area contributed by atoms with Crippen LogP contribution < -0.4 is 5.32 Å². The lowest BCUT2D eigenvalue weighted by molar-refractivity contribution is 0.374. The molecular weight excluding hydrogens is 200 g/mol. The minimum atomic E-state index is 0.591. The van der Waals surface area contributed by atoms with Gasteiger partial charge in [-0.15, -0.1) is 0 Å². The molecule has 0 bridgehead atoms. The summed E-state index contributed by atoms with van der Waals surface area (Å²) >= 11 is 0. The first-order valence-electron chi connectivity index (χ1n) is 5.85. The number of fused-ring (bicyclic) bond motifs is 1. The summed E-state index contributed by atoms with van der Waals surface area (Å²) in [5, 5.41) is 4.53. The van der Waals surface area contributed by atoms with Crippen LogP contribution in [0.3, 0.4) is 0 Å². The van der Waals surface area contributed by atoms with Gasteiger partial charge >= 0.3 is 0 Å². The molecule has 1 aliphatic heterocycles. The summed E-state index contributed by atoms with van der Waals surface area (Å²) in [7, 11) is 0. The van der Waals surface area contributed by atoms with Crippen LogP contribution in [-0.2, 0) is 0 Å². The molecule has 0 unspecified atom stereocenters. The molecule has 0 radical (unpaired) electrons. The Hall–Kier alpha value is -1.42. The van der Waals surface area contributed by atoms with Crippen molar-refractivity contribution >= 4 is 11.0 Å². The maximum atomic E-state index is 4.54. The molecule has 2 aromatic heterocycles. The molecule has 16 heavy (non-hydrogen) atoms. The molecule has 4 heteroatoms. The number of piperidine rings is 1. The van der Waals surface area contributed by atoms with Crippen LogP contribution in [0.4, 0.5) is 0 Å². The third-order valence-corrected chi connectivity index (χ3v) is 3.28. The number of aryl methyl sites for hydroxylation is 1. The van der Waals surface area contributed by atoms with E-state index in [1.165, 1.54) is 12.8 Å². The van der Waals surface area contributed by atoms with Crippen molar-refractivity contribution in [3.05, 3.63) is 24.3 Å². The molecule has 0 aromatic carbocycles. The van der Waals surface area contributed by atoms with Crippen molar-refractivity contribution in [3.8, 4) is 0 Å². The second kappa shape index (κ2) is 3.87. The molecule has 1 saturated heterocycles. The largest absolute Gasteiger partial charge is 0.329 e. The Kier molecular flexibility index (Phi) is 2.36. The van der Waals surface area contributed by atoms with Gasteiger partial charge in [-0.05, 0) is 38.9 Å². The fraction of sp³-hybridized carbons (Fsp3) is 0.500. The lowest BCUT2D eigenvalue weighted by atomic mass is 10.1. The number of aromatic nitrogens is 3. The van der Waals surface area contributed by atoms with Crippen molar-refractivity contribution in [2.24, 2.45) is 0 Å². The van der Waals surface area contributed by atoms with Crippen molar-refractivity contribution in [2.45, 2.75) is 25.8 Å². The lowest BCUT2D eigenvalue weighted by Gasteiger charge is -2.24. The standard InChI is InChI=1S/C12H16N4/c1-9-14-8-10-4-7-16(12(10)15-9)11-2-5-13-6-3-11/h4,7-8,11,13H,2-3,5-6H2,1H3. The normalized spacial score (nSPS) is 18.1. The maximum Gasteiger partial charge on any atom is 0.143 e. The summed E-state index contributed by atoms with van der Waals surface area (Å²) in [5.41, 5.74) is 1.08. The van der Waals surface area contributed by atoms with Crippen LogP contribution in [0.15, 0.2) is 18.5 Å². The maximum absolute atomic E-state index is 4.54. The highest BCUT2D eigenvalue weighted by Gasteiger charge is 2.16. The molecule has 1 fully saturated rings. The van der Waals surface area contributed by atoms with Gasteiger partial charge in [0.1, 0.15) is 11.5 Å². The highest BCUT2D eigenvalue weighted by molar-refractivity contribution is 5.75. The predicted octanol–water partition coefficient (Wildman–Crippen LogP) is 1.66. The van der Waals surface area contributed by atoms with E-state index in [0.717, 1.165) is 29.9 Å². The highest BCUT2D eigenvalue weighted by atomic mass is 15.1. The van der Waals surface area contributed by atoms with Gasteiger partial charge in [-0.3, -0.25) is 0 Å². The molecule has 0 atom stereocenters. The molecule has 0 amide bonds. The van der Waals surface area contributed by atoms with E-state index >= 15 is 0 Å². The first-order valence-corrected chi connectivity index (χ1v) is 5.85. The summed E-state index contributed by atoms with van der Waals surface area (Å²) in [6.07, 6.45) is 6.43. The fourth-order valence-corrected chi connectivity index (χ4v) is 2.40. The van der Waals surface area contributed by atoms with E-state index in [-0.39, 0.29) is 0 Å². The van der Waals surface area contributed by atoms with Crippen LogP contribution in [-0.4, -0.2) is 27.6 Å². The topological polar surface area (TPSA) is 42.7 Å². The molecule has 1 aliphatic rings. The number of rotatable bonds is 1. The third kappa shape index (κ3) is 1.59. The van der Waals surface area contributed by atoms with Crippen molar-refractivity contribution in [1.29, 1.82) is 0 Å². The van der Waals surface area contributed by atoms with Crippen LogP contribution in [0.5, 0.6) is 0 Å². The van der Waals surface area contributed by atoms with E-state index in [1.54, 1.807) is 0 Å². The van der Waals surface area contributed by atoms with E-state index in [9.17, 15) is 0 Å². The number of hydrogen-bond donors (Lipinski definition) is 1. The summed E-state index contributed by atoms with van der Waals surface area (Å²) in [6, 6.07) is 2.70.